The van der Waals surface area contributed by atoms with E-state index in [1.807, 2.05) is 0 Å². The number of benzene rings is 1. The molecule has 2 atom stereocenters. The van der Waals surface area contributed by atoms with E-state index >= 15 is 0 Å². The number of nitrogens with two attached hydrogens (primary N) is 1. The van der Waals surface area contributed by atoms with Crippen LogP contribution in [0.2, 0.25) is 0 Å². The zero-order chi connectivity index (χ0) is 18.0. The molecule has 0 aromatic heterocycles. The molecule has 0 aliphatic heterocycles. The fourth-order valence-corrected chi connectivity index (χ4v) is 4.08. The first-order chi connectivity index (χ1) is 11.1. The standard InChI is InChI=1S/C18H28N2O3S.ClH/c1-18(2,3)24(22,23)12-13-7-9-15(10-8-13)20-17(21)16-6-4-5-14(16)11-19;/h7-10,14,16H,4-6,11-12,19H2,1-3H3,(H,20,21);1H/t14-,16-;/m1./s1. The van der Waals surface area contributed by atoms with Crippen LogP contribution < -0.4 is 11.1 Å². The van der Waals surface area contributed by atoms with Crippen LogP contribution in [0.1, 0.15) is 45.6 Å². The lowest BCUT2D eigenvalue weighted by Crippen LogP contribution is -2.30. The van der Waals surface area contributed by atoms with Crippen LogP contribution in [0.15, 0.2) is 24.3 Å². The van der Waals surface area contributed by atoms with E-state index in [4.69, 9.17) is 5.73 Å². The average Bonchev–Trinajstić information content (AvgIpc) is 2.96. The molecular weight excluding hydrogens is 360 g/mol. The SMILES string of the molecule is CC(C)(C)S(=O)(=O)Cc1ccc(NC(=O)[C@@H]2CCC[C@@H]2CN)cc1.Cl. The number of halogens is 1. The normalized spacial score (nSPS) is 20.8. The van der Waals surface area contributed by atoms with Crippen LogP contribution >= 0.6 is 12.4 Å². The second kappa shape index (κ2) is 8.52. The summed E-state index contributed by atoms with van der Waals surface area (Å²) in [7, 11) is -3.21. The number of nitrogens with one attached hydrogen (secondary N) is 1. The largest absolute Gasteiger partial charge is 0.330 e. The molecule has 1 amide bonds. The number of carbonyl (C=O) groups excluding carboxylic acids is 1. The molecular formula is C18H29ClN2O3S. The van der Waals surface area contributed by atoms with E-state index in [1.165, 1.54) is 0 Å². The highest BCUT2D eigenvalue weighted by Gasteiger charge is 2.32. The summed E-state index contributed by atoms with van der Waals surface area (Å²) >= 11 is 0. The Morgan fingerprint density at radius 2 is 1.80 bits per heavy atom. The van der Waals surface area contributed by atoms with Crippen molar-refractivity contribution in [3.63, 3.8) is 0 Å². The summed E-state index contributed by atoms with van der Waals surface area (Å²) in [6, 6.07) is 7.04. The lowest BCUT2D eigenvalue weighted by Gasteiger charge is -2.19. The van der Waals surface area contributed by atoms with Gasteiger partial charge in [0, 0.05) is 11.6 Å². The summed E-state index contributed by atoms with van der Waals surface area (Å²) in [5.41, 5.74) is 7.15. The molecule has 0 bridgehead atoms. The van der Waals surface area contributed by atoms with Crippen molar-refractivity contribution >= 4 is 33.8 Å². The fourth-order valence-electron chi connectivity index (χ4n) is 3.02. The first kappa shape index (κ1) is 21.9. The highest BCUT2D eigenvalue weighted by molar-refractivity contribution is 7.91. The average molecular weight is 389 g/mol. The second-order valence-electron chi connectivity index (χ2n) is 7.59. The van der Waals surface area contributed by atoms with Gasteiger partial charge in [0.25, 0.3) is 0 Å². The lowest BCUT2D eigenvalue weighted by molar-refractivity contribution is -0.120. The molecule has 0 unspecified atom stereocenters. The molecule has 1 aromatic carbocycles. The van der Waals surface area contributed by atoms with Gasteiger partial charge in [0.1, 0.15) is 0 Å². The van der Waals surface area contributed by atoms with E-state index in [1.54, 1.807) is 45.0 Å². The molecule has 0 heterocycles. The van der Waals surface area contributed by atoms with Crippen LogP contribution in [0.3, 0.4) is 0 Å². The second-order valence-corrected chi connectivity index (χ2v) is 10.3. The fraction of sp³-hybridized carbons (Fsp3) is 0.611. The molecule has 1 saturated carbocycles. The Balaban J connectivity index is 0.00000312. The van der Waals surface area contributed by atoms with Crippen molar-refractivity contribution in [2.75, 3.05) is 11.9 Å². The first-order valence-electron chi connectivity index (χ1n) is 8.46. The van der Waals surface area contributed by atoms with Crippen molar-refractivity contribution in [3.8, 4) is 0 Å². The zero-order valence-corrected chi connectivity index (χ0v) is 16.8. The summed E-state index contributed by atoms with van der Waals surface area (Å²) < 4.78 is 23.7. The molecule has 1 fully saturated rings. The van der Waals surface area contributed by atoms with Gasteiger partial charge in [0.05, 0.1) is 10.5 Å². The highest BCUT2D eigenvalue weighted by atomic mass is 35.5. The minimum absolute atomic E-state index is 0. The van der Waals surface area contributed by atoms with Gasteiger partial charge in [-0.05, 0) is 63.8 Å². The predicted molar refractivity (Wildman–Crippen MR) is 105 cm³/mol. The topological polar surface area (TPSA) is 89.3 Å². The van der Waals surface area contributed by atoms with E-state index in [0.29, 0.717) is 12.2 Å². The number of anilines is 1. The Bertz CT molecular complexity index is 681. The third kappa shape index (κ3) is 5.43. The maximum absolute atomic E-state index is 12.4. The molecule has 3 N–H and O–H groups in total. The van der Waals surface area contributed by atoms with Gasteiger partial charge in [-0.25, -0.2) is 8.42 Å². The maximum Gasteiger partial charge on any atom is 0.227 e. The Hall–Kier alpha value is -1.11. The number of hydrogen-bond donors (Lipinski definition) is 2. The van der Waals surface area contributed by atoms with Crippen LogP contribution in [-0.4, -0.2) is 25.6 Å². The van der Waals surface area contributed by atoms with Gasteiger partial charge in [0.15, 0.2) is 9.84 Å². The maximum atomic E-state index is 12.4. The van der Waals surface area contributed by atoms with E-state index in [2.05, 4.69) is 5.32 Å². The molecule has 2 rings (SSSR count). The molecule has 1 aliphatic carbocycles. The Morgan fingerprint density at radius 3 is 2.32 bits per heavy atom. The number of amides is 1. The van der Waals surface area contributed by atoms with Crippen LogP contribution in [-0.2, 0) is 20.4 Å². The van der Waals surface area contributed by atoms with Gasteiger partial charge in [-0.3, -0.25) is 4.79 Å². The number of rotatable bonds is 5. The van der Waals surface area contributed by atoms with Crippen molar-refractivity contribution in [2.24, 2.45) is 17.6 Å². The summed E-state index contributed by atoms with van der Waals surface area (Å²) in [6.07, 6.45) is 2.94. The van der Waals surface area contributed by atoms with E-state index in [-0.39, 0.29) is 35.9 Å². The van der Waals surface area contributed by atoms with Gasteiger partial charge >= 0.3 is 0 Å². The Kier molecular flexibility index (Phi) is 7.47. The van der Waals surface area contributed by atoms with Crippen LogP contribution in [0.4, 0.5) is 5.69 Å². The smallest absolute Gasteiger partial charge is 0.227 e. The van der Waals surface area contributed by atoms with Crippen molar-refractivity contribution in [2.45, 2.75) is 50.5 Å². The molecule has 1 aromatic rings. The van der Waals surface area contributed by atoms with Gasteiger partial charge in [-0.1, -0.05) is 18.6 Å². The molecule has 7 heteroatoms. The molecule has 0 radical (unpaired) electrons. The zero-order valence-electron chi connectivity index (χ0n) is 15.1. The van der Waals surface area contributed by atoms with Crippen LogP contribution in [0, 0.1) is 11.8 Å². The molecule has 0 spiro atoms. The van der Waals surface area contributed by atoms with Crippen molar-refractivity contribution in [1.29, 1.82) is 0 Å². The van der Waals surface area contributed by atoms with Gasteiger partial charge in [0.2, 0.25) is 5.91 Å². The lowest BCUT2D eigenvalue weighted by atomic mass is 9.95. The molecule has 25 heavy (non-hydrogen) atoms. The van der Waals surface area contributed by atoms with Crippen LogP contribution in [0.5, 0.6) is 0 Å². The van der Waals surface area contributed by atoms with Crippen molar-refractivity contribution in [1.82, 2.24) is 0 Å². The van der Waals surface area contributed by atoms with E-state index in [0.717, 1.165) is 24.8 Å². The van der Waals surface area contributed by atoms with Gasteiger partial charge < -0.3 is 11.1 Å². The number of sulfone groups is 1. The highest BCUT2D eigenvalue weighted by Crippen LogP contribution is 2.32. The monoisotopic (exact) mass is 388 g/mol. The Labute approximate surface area is 157 Å². The minimum Gasteiger partial charge on any atom is -0.330 e. The van der Waals surface area contributed by atoms with Crippen molar-refractivity contribution in [3.05, 3.63) is 29.8 Å². The molecule has 1 aliphatic rings. The summed E-state index contributed by atoms with van der Waals surface area (Å²) in [5.74, 6) is 0.262. The first-order valence-corrected chi connectivity index (χ1v) is 10.1. The summed E-state index contributed by atoms with van der Waals surface area (Å²) in [6.45, 7) is 5.65. The van der Waals surface area contributed by atoms with Gasteiger partial charge in [-0.15, -0.1) is 12.4 Å². The minimum atomic E-state index is -3.21. The predicted octanol–water partition coefficient (Wildman–Crippen LogP) is 3.14. The van der Waals surface area contributed by atoms with E-state index in [9.17, 15) is 13.2 Å². The third-order valence-electron chi connectivity index (χ3n) is 4.81. The van der Waals surface area contributed by atoms with Gasteiger partial charge in [-0.2, -0.15) is 0 Å². The number of carbonyl (C=O) groups is 1. The van der Waals surface area contributed by atoms with Crippen molar-refractivity contribution < 1.29 is 13.2 Å². The molecule has 5 nitrogen and oxygen atoms in total. The number of hydrogen-bond acceptors (Lipinski definition) is 4. The Morgan fingerprint density at radius 1 is 1.20 bits per heavy atom. The quantitative estimate of drug-likeness (QED) is 0.810. The van der Waals surface area contributed by atoms with Crippen LogP contribution in [0.25, 0.3) is 0 Å². The third-order valence-corrected chi connectivity index (χ3v) is 7.39. The molecule has 142 valence electrons. The molecule has 0 saturated heterocycles. The summed E-state index contributed by atoms with van der Waals surface area (Å²) in [5, 5.41) is 2.92. The summed E-state index contributed by atoms with van der Waals surface area (Å²) in [4.78, 5) is 12.4. The van der Waals surface area contributed by atoms with E-state index < -0.39 is 14.6 Å².